The van der Waals surface area contributed by atoms with Crippen molar-refractivity contribution < 1.29 is 17.5 Å². The van der Waals surface area contributed by atoms with Gasteiger partial charge in [-0.15, -0.1) is 0 Å². The van der Waals surface area contributed by atoms with Crippen LogP contribution in [-0.2, 0) is 9.84 Å². The van der Waals surface area contributed by atoms with E-state index in [0.29, 0.717) is 11.3 Å². The van der Waals surface area contributed by atoms with Gasteiger partial charge in [-0.2, -0.15) is 0 Å². The minimum Gasteiger partial charge on any atom is -0.487 e. The molecule has 6 heteroatoms. The van der Waals surface area contributed by atoms with Crippen LogP contribution in [0.15, 0.2) is 35.0 Å². The summed E-state index contributed by atoms with van der Waals surface area (Å²) in [6, 6.07) is 4.51. The van der Waals surface area contributed by atoms with Crippen molar-refractivity contribution in [1.29, 1.82) is 0 Å². The molecular formula is C12H16FNO3S. The van der Waals surface area contributed by atoms with E-state index in [1.54, 1.807) is 13.0 Å². The molecule has 18 heavy (non-hydrogen) atoms. The molecule has 0 atom stereocenters. The SMILES string of the molecule is Cc1cc(OCC(F)=CCN)ccc1S(C)(=O)=O. The summed E-state index contributed by atoms with van der Waals surface area (Å²) in [6.07, 6.45) is 2.36. The number of hydrogen-bond donors (Lipinski definition) is 1. The van der Waals surface area contributed by atoms with Gasteiger partial charge in [0.25, 0.3) is 0 Å². The highest BCUT2D eigenvalue weighted by atomic mass is 32.2. The molecule has 0 aliphatic carbocycles. The zero-order chi connectivity index (χ0) is 13.8. The van der Waals surface area contributed by atoms with E-state index in [1.165, 1.54) is 18.2 Å². The Hall–Kier alpha value is -1.40. The Morgan fingerprint density at radius 2 is 2.17 bits per heavy atom. The Labute approximate surface area is 106 Å². The Morgan fingerprint density at radius 3 is 2.67 bits per heavy atom. The number of halogens is 1. The zero-order valence-corrected chi connectivity index (χ0v) is 11.1. The average molecular weight is 273 g/mol. The number of benzene rings is 1. The lowest BCUT2D eigenvalue weighted by atomic mass is 10.2. The molecule has 0 radical (unpaired) electrons. The Kier molecular flexibility index (Phi) is 4.86. The molecule has 4 nitrogen and oxygen atoms in total. The number of aryl methyl sites for hydroxylation is 1. The number of nitrogens with two attached hydrogens (primary N) is 1. The van der Waals surface area contributed by atoms with Crippen LogP contribution < -0.4 is 10.5 Å². The van der Waals surface area contributed by atoms with E-state index in [2.05, 4.69) is 0 Å². The fraction of sp³-hybridized carbons (Fsp3) is 0.333. The molecule has 1 rings (SSSR count). The summed E-state index contributed by atoms with van der Waals surface area (Å²) in [6.45, 7) is 1.56. The number of sulfone groups is 1. The van der Waals surface area contributed by atoms with Crippen LogP contribution >= 0.6 is 0 Å². The second-order valence-corrected chi connectivity index (χ2v) is 5.86. The molecule has 0 aromatic heterocycles. The summed E-state index contributed by atoms with van der Waals surface area (Å²) in [5.74, 6) is -0.0391. The van der Waals surface area contributed by atoms with Gasteiger partial charge in [-0.1, -0.05) is 0 Å². The van der Waals surface area contributed by atoms with Crippen LogP contribution in [0.5, 0.6) is 5.75 Å². The van der Waals surface area contributed by atoms with Crippen LogP contribution in [0.1, 0.15) is 5.56 Å². The highest BCUT2D eigenvalue weighted by Gasteiger charge is 2.11. The van der Waals surface area contributed by atoms with Gasteiger partial charge in [0, 0.05) is 12.8 Å². The van der Waals surface area contributed by atoms with Crippen molar-refractivity contribution in [2.75, 3.05) is 19.4 Å². The maximum absolute atomic E-state index is 13.0. The molecule has 100 valence electrons. The summed E-state index contributed by atoms with van der Waals surface area (Å²) in [7, 11) is -3.25. The maximum Gasteiger partial charge on any atom is 0.175 e. The first kappa shape index (κ1) is 14.7. The van der Waals surface area contributed by atoms with E-state index in [4.69, 9.17) is 10.5 Å². The average Bonchev–Trinajstić information content (AvgIpc) is 2.25. The fourth-order valence-electron chi connectivity index (χ4n) is 1.47. The largest absolute Gasteiger partial charge is 0.487 e. The smallest absolute Gasteiger partial charge is 0.175 e. The molecule has 0 heterocycles. The van der Waals surface area contributed by atoms with E-state index in [1.807, 2.05) is 0 Å². The molecule has 0 saturated carbocycles. The van der Waals surface area contributed by atoms with Gasteiger partial charge in [0.2, 0.25) is 0 Å². The van der Waals surface area contributed by atoms with Gasteiger partial charge in [0.15, 0.2) is 9.84 Å². The third-order valence-electron chi connectivity index (χ3n) is 2.26. The molecule has 2 N–H and O–H groups in total. The van der Waals surface area contributed by atoms with Crippen molar-refractivity contribution >= 4 is 9.84 Å². The summed E-state index contributed by atoms with van der Waals surface area (Å²) in [5.41, 5.74) is 5.72. The summed E-state index contributed by atoms with van der Waals surface area (Å²) in [4.78, 5) is 0.243. The normalized spacial score (nSPS) is 12.6. The maximum atomic E-state index is 13.0. The van der Waals surface area contributed by atoms with Crippen LogP contribution in [0.25, 0.3) is 0 Å². The van der Waals surface area contributed by atoms with E-state index < -0.39 is 15.7 Å². The lowest BCUT2D eigenvalue weighted by molar-refractivity contribution is 0.318. The standard InChI is InChI=1S/C12H16FNO3S/c1-9-7-11(17-8-10(13)5-6-14)3-4-12(9)18(2,15)16/h3-5,7H,6,8,14H2,1-2H3. The van der Waals surface area contributed by atoms with Crippen LogP contribution in [0.2, 0.25) is 0 Å². The zero-order valence-electron chi connectivity index (χ0n) is 10.3. The lowest BCUT2D eigenvalue weighted by Gasteiger charge is -2.08. The molecule has 0 fully saturated rings. The predicted octanol–water partition coefficient (Wildman–Crippen LogP) is 1.59. The summed E-state index contributed by atoms with van der Waals surface area (Å²) >= 11 is 0. The van der Waals surface area contributed by atoms with E-state index in [0.717, 1.165) is 6.26 Å². The van der Waals surface area contributed by atoms with Crippen molar-refractivity contribution in [2.24, 2.45) is 5.73 Å². The van der Waals surface area contributed by atoms with Crippen molar-refractivity contribution in [2.45, 2.75) is 11.8 Å². The first-order valence-electron chi connectivity index (χ1n) is 5.32. The molecule has 1 aromatic rings. The molecule has 0 aliphatic heterocycles. The van der Waals surface area contributed by atoms with Crippen molar-refractivity contribution in [3.63, 3.8) is 0 Å². The molecule has 0 amide bonds. The van der Waals surface area contributed by atoms with Gasteiger partial charge < -0.3 is 10.5 Å². The van der Waals surface area contributed by atoms with Crippen LogP contribution in [0, 0.1) is 6.92 Å². The summed E-state index contributed by atoms with van der Waals surface area (Å²) < 4.78 is 41.0. The van der Waals surface area contributed by atoms with Gasteiger partial charge in [-0.3, -0.25) is 0 Å². The first-order chi connectivity index (χ1) is 8.34. The summed E-state index contributed by atoms with van der Waals surface area (Å²) in [5, 5.41) is 0. The Bertz CT molecular complexity index is 552. The quantitative estimate of drug-likeness (QED) is 0.884. The van der Waals surface area contributed by atoms with Gasteiger partial charge in [-0.05, 0) is 36.8 Å². The second-order valence-electron chi connectivity index (χ2n) is 3.87. The number of hydrogen-bond acceptors (Lipinski definition) is 4. The third kappa shape index (κ3) is 4.12. The van der Waals surface area contributed by atoms with Crippen LogP contribution in [-0.4, -0.2) is 27.8 Å². The minimum atomic E-state index is -3.25. The highest BCUT2D eigenvalue weighted by Crippen LogP contribution is 2.21. The molecule has 0 unspecified atom stereocenters. The number of rotatable bonds is 5. The molecule has 1 aromatic carbocycles. The minimum absolute atomic E-state index is 0.112. The van der Waals surface area contributed by atoms with Crippen LogP contribution in [0.4, 0.5) is 4.39 Å². The highest BCUT2D eigenvalue weighted by molar-refractivity contribution is 7.90. The molecule has 0 saturated heterocycles. The number of ether oxygens (including phenoxy) is 1. The van der Waals surface area contributed by atoms with Gasteiger partial charge >= 0.3 is 0 Å². The Morgan fingerprint density at radius 1 is 1.50 bits per heavy atom. The van der Waals surface area contributed by atoms with Gasteiger partial charge in [-0.25, -0.2) is 12.8 Å². The fourth-order valence-corrected chi connectivity index (χ4v) is 2.43. The van der Waals surface area contributed by atoms with Crippen molar-refractivity contribution in [1.82, 2.24) is 0 Å². The van der Waals surface area contributed by atoms with Crippen molar-refractivity contribution in [3.05, 3.63) is 35.7 Å². The topological polar surface area (TPSA) is 69.4 Å². The second kappa shape index (κ2) is 5.97. The first-order valence-corrected chi connectivity index (χ1v) is 7.22. The van der Waals surface area contributed by atoms with E-state index in [-0.39, 0.29) is 18.0 Å². The molecule has 0 bridgehead atoms. The van der Waals surface area contributed by atoms with Gasteiger partial charge in [0.1, 0.15) is 18.2 Å². The monoisotopic (exact) mass is 273 g/mol. The van der Waals surface area contributed by atoms with Gasteiger partial charge in [0.05, 0.1) is 4.90 Å². The molecule has 0 spiro atoms. The predicted molar refractivity (Wildman–Crippen MR) is 68.0 cm³/mol. The third-order valence-corrected chi connectivity index (χ3v) is 3.52. The van der Waals surface area contributed by atoms with Crippen molar-refractivity contribution in [3.8, 4) is 5.75 Å². The molecular weight excluding hydrogens is 257 g/mol. The van der Waals surface area contributed by atoms with E-state index in [9.17, 15) is 12.8 Å². The molecule has 0 aliphatic rings. The lowest BCUT2D eigenvalue weighted by Crippen LogP contribution is -2.03. The van der Waals surface area contributed by atoms with Crippen LogP contribution in [0.3, 0.4) is 0 Å². The van der Waals surface area contributed by atoms with E-state index >= 15 is 0 Å². The Balaban J connectivity index is 2.83.